The smallest absolute Gasteiger partial charge is 0.251 e. The number of carbonyl (C=O) groups is 1. The van der Waals surface area contributed by atoms with Crippen LogP contribution in [0.5, 0.6) is 5.75 Å². The van der Waals surface area contributed by atoms with Crippen LogP contribution in [0.25, 0.3) is 0 Å². The molecule has 1 aliphatic rings. The van der Waals surface area contributed by atoms with Crippen LogP contribution in [0, 0.1) is 0 Å². The number of hydrogen-bond donors (Lipinski definition) is 1. The third-order valence-electron chi connectivity index (χ3n) is 2.75. The number of nitrogens with one attached hydrogen (secondary N) is 1. The maximum atomic E-state index is 11.6. The lowest BCUT2D eigenvalue weighted by Gasteiger charge is -2.18. The lowest BCUT2D eigenvalue weighted by molar-refractivity contribution is 0.0962. The van der Waals surface area contributed by atoms with Gasteiger partial charge in [0.2, 0.25) is 0 Å². The highest BCUT2D eigenvalue weighted by atomic mass is 16.5. The van der Waals surface area contributed by atoms with Crippen molar-refractivity contribution in [1.29, 1.82) is 0 Å². The fraction of sp³-hybridized carbons (Fsp3) is 0.462. The van der Waals surface area contributed by atoms with E-state index in [0.29, 0.717) is 11.7 Å². The highest BCUT2D eigenvalue weighted by Gasteiger charge is 2.25. The molecule has 4 heteroatoms. The highest BCUT2D eigenvalue weighted by Crippen LogP contribution is 2.34. The number of benzene rings is 1. The molecule has 1 aromatic carbocycles. The van der Waals surface area contributed by atoms with Gasteiger partial charge in [0.15, 0.2) is 0 Å². The van der Waals surface area contributed by atoms with Crippen LogP contribution in [0.3, 0.4) is 0 Å². The van der Waals surface area contributed by atoms with E-state index in [1.54, 1.807) is 7.05 Å². The molecule has 0 aromatic heterocycles. The fourth-order valence-corrected chi connectivity index (χ4v) is 1.63. The van der Waals surface area contributed by atoms with Gasteiger partial charge in [-0.3, -0.25) is 4.79 Å². The molecule has 92 valence electrons. The first-order chi connectivity index (χ1) is 8.11. The van der Waals surface area contributed by atoms with Gasteiger partial charge >= 0.3 is 0 Å². The lowest BCUT2D eigenvalue weighted by Crippen LogP contribution is -2.18. The summed E-state index contributed by atoms with van der Waals surface area (Å²) in [4.78, 5) is 13.6. The Morgan fingerprint density at radius 1 is 1.41 bits per heavy atom. The molecule has 1 N–H and O–H groups in total. The maximum Gasteiger partial charge on any atom is 0.251 e. The molecule has 4 nitrogen and oxygen atoms in total. The average molecular weight is 234 g/mol. The van der Waals surface area contributed by atoms with Crippen molar-refractivity contribution in [2.24, 2.45) is 0 Å². The monoisotopic (exact) mass is 234 g/mol. The molecule has 17 heavy (non-hydrogen) atoms. The second-order valence-corrected chi connectivity index (χ2v) is 4.47. The minimum absolute atomic E-state index is 0.0871. The summed E-state index contributed by atoms with van der Waals surface area (Å²) in [6.07, 6.45) is 2.54. The van der Waals surface area contributed by atoms with Crippen LogP contribution >= 0.6 is 0 Å². The topological polar surface area (TPSA) is 41.6 Å². The Labute approximate surface area is 102 Å². The molecule has 1 fully saturated rings. The van der Waals surface area contributed by atoms with E-state index in [2.05, 4.69) is 5.32 Å². The van der Waals surface area contributed by atoms with Crippen molar-refractivity contribution >= 4 is 11.6 Å². The van der Waals surface area contributed by atoms with Gasteiger partial charge < -0.3 is 15.0 Å². The molecule has 0 radical (unpaired) electrons. The summed E-state index contributed by atoms with van der Waals surface area (Å²) in [6, 6.07) is 5.54. The van der Waals surface area contributed by atoms with Gasteiger partial charge in [-0.2, -0.15) is 0 Å². The zero-order valence-corrected chi connectivity index (χ0v) is 10.5. The minimum Gasteiger partial charge on any atom is -0.488 e. The van der Waals surface area contributed by atoms with Crippen LogP contribution < -0.4 is 15.0 Å². The second-order valence-electron chi connectivity index (χ2n) is 4.47. The zero-order chi connectivity index (χ0) is 12.4. The van der Waals surface area contributed by atoms with Crippen LogP contribution in [0.2, 0.25) is 0 Å². The highest BCUT2D eigenvalue weighted by molar-refractivity contribution is 5.95. The van der Waals surface area contributed by atoms with E-state index < -0.39 is 0 Å². The van der Waals surface area contributed by atoms with Gasteiger partial charge in [0, 0.05) is 26.7 Å². The Bertz CT molecular complexity index is 425. The van der Waals surface area contributed by atoms with Crippen molar-refractivity contribution in [1.82, 2.24) is 5.32 Å². The Kier molecular flexibility index (Phi) is 3.22. The molecule has 0 atom stereocenters. The summed E-state index contributed by atoms with van der Waals surface area (Å²) in [5.74, 6) is 0.703. The Balaban J connectivity index is 2.30. The predicted octanol–water partition coefficient (Wildman–Crippen LogP) is 1.65. The van der Waals surface area contributed by atoms with Crippen LogP contribution in [0.4, 0.5) is 5.69 Å². The molecule has 0 heterocycles. The molecule has 1 saturated carbocycles. The Morgan fingerprint density at radius 3 is 2.65 bits per heavy atom. The minimum atomic E-state index is -0.0871. The first-order valence-electron chi connectivity index (χ1n) is 5.82. The van der Waals surface area contributed by atoms with Crippen LogP contribution in [-0.4, -0.2) is 33.2 Å². The number of carbonyl (C=O) groups excluding carboxylic acids is 1. The van der Waals surface area contributed by atoms with Crippen molar-refractivity contribution in [2.45, 2.75) is 18.9 Å². The largest absolute Gasteiger partial charge is 0.488 e. The molecule has 0 bridgehead atoms. The summed E-state index contributed by atoms with van der Waals surface area (Å²) in [6.45, 7) is 0. The van der Waals surface area contributed by atoms with Gasteiger partial charge in [0.25, 0.3) is 5.91 Å². The molecule has 1 amide bonds. The van der Waals surface area contributed by atoms with Crippen molar-refractivity contribution in [2.75, 3.05) is 26.0 Å². The van der Waals surface area contributed by atoms with E-state index in [4.69, 9.17) is 4.74 Å². The Morgan fingerprint density at radius 2 is 2.12 bits per heavy atom. The number of hydrogen-bond acceptors (Lipinski definition) is 3. The van der Waals surface area contributed by atoms with Gasteiger partial charge in [-0.25, -0.2) is 0 Å². The van der Waals surface area contributed by atoms with Crippen molar-refractivity contribution in [3.8, 4) is 5.75 Å². The molecule has 1 aromatic rings. The third-order valence-corrected chi connectivity index (χ3v) is 2.75. The quantitative estimate of drug-likeness (QED) is 0.861. The molecule has 0 unspecified atom stereocenters. The lowest BCUT2D eigenvalue weighted by atomic mass is 10.1. The summed E-state index contributed by atoms with van der Waals surface area (Å²) < 4.78 is 5.83. The molecule has 1 aliphatic carbocycles. The fourth-order valence-electron chi connectivity index (χ4n) is 1.63. The number of nitrogens with zero attached hydrogens (tertiary/aromatic N) is 1. The number of ether oxygens (including phenoxy) is 1. The van der Waals surface area contributed by atoms with E-state index in [1.807, 2.05) is 37.2 Å². The number of amides is 1. The average Bonchev–Trinajstić information content (AvgIpc) is 3.11. The van der Waals surface area contributed by atoms with E-state index in [-0.39, 0.29) is 5.91 Å². The number of rotatable bonds is 4. The van der Waals surface area contributed by atoms with Crippen molar-refractivity contribution in [3.63, 3.8) is 0 Å². The Hall–Kier alpha value is -1.71. The SMILES string of the molecule is CNC(=O)c1ccc(N(C)C)c(OC2CC2)c1. The van der Waals surface area contributed by atoms with E-state index in [9.17, 15) is 4.79 Å². The second kappa shape index (κ2) is 4.65. The molecule has 2 rings (SSSR count). The van der Waals surface area contributed by atoms with Gasteiger partial charge in [-0.05, 0) is 31.0 Å². The molecule has 0 aliphatic heterocycles. The molecule has 0 spiro atoms. The third kappa shape index (κ3) is 2.70. The molecule has 0 saturated heterocycles. The van der Waals surface area contributed by atoms with Crippen LogP contribution in [0.1, 0.15) is 23.2 Å². The normalized spacial score (nSPS) is 14.3. The summed E-state index contributed by atoms with van der Waals surface area (Å²) in [5, 5.41) is 2.62. The van der Waals surface area contributed by atoms with E-state index in [1.165, 1.54) is 0 Å². The molecular formula is C13H18N2O2. The van der Waals surface area contributed by atoms with Crippen molar-refractivity contribution in [3.05, 3.63) is 23.8 Å². The van der Waals surface area contributed by atoms with E-state index >= 15 is 0 Å². The van der Waals surface area contributed by atoms with Gasteiger partial charge in [-0.1, -0.05) is 0 Å². The summed E-state index contributed by atoms with van der Waals surface area (Å²) in [7, 11) is 5.56. The van der Waals surface area contributed by atoms with Crippen LogP contribution in [0.15, 0.2) is 18.2 Å². The summed E-state index contributed by atoms with van der Waals surface area (Å²) in [5.41, 5.74) is 1.64. The van der Waals surface area contributed by atoms with Gasteiger partial charge in [-0.15, -0.1) is 0 Å². The molecular weight excluding hydrogens is 216 g/mol. The number of anilines is 1. The first kappa shape index (κ1) is 11.8. The van der Waals surface area contributed by atoms with Gasteiger partial charge in [0.05, 0.1) is 11.8 Å². The van der Waals surface area contributed by atoms with E-state index in [0.717, 1.165) is 24.3 Å². The maximum absolute atomic E-state index is 11.6. The first-order valence-corrected chi connectivity index (χ1v) is 5.82. The van der Waals surface area contributed by atoms with Gasteiger partial charge in [0.1, 0.15) is 5.75 Å². The van der Waals surface area contributed by atoms with Crippen LogP contribution in [-0.2, 0) is 0 Å². The standard InChI is InChI=1S/C13H18N2O2/c1-14-13(16)9-4-7-11(15(2)3)12(8-9)17-10-5-6-10/h4,7-8,10H,5-6H2,1-3H3,(H,14,16). The van der Waals surface area contributed by atoms with Crippen molar-refractivity contribution < 1.29 is 9.53 Å². The summed E-state index contributed by atoms with van der Waals surface area (Å²) >= 11 is 0. The predicted molar refractivity (Wildman–Crippen MR) is 67.8 cm³/mol. The zero-order valence-electron chi connectivity index (χ0n) is 10.5.